The van der Waals surface area contributed by atoms with Gasteiger partial charge in [0.15, 0.2) is 0 Å². The van der Waals surface area contributed by atoms with Crippen molar-refractivity contribution in [1.29, 1.82) is 5.26 Å². The van der Waals surface area contributed by atoms with Crippen LogP contribution >= 0.6 is 11.6 Å². The molecule has 0 radical (unpaired) electrons. The summed E-state index contributed by atoms with van der Waals surface area (Å²) in [7, 11) is 1.38. The summed E-state index contributed by atoms with van der Waals surface area (Å²) in [6.07, 6.45) is 1.06. The van der Waals surface area contributed by atoms with Gasteiger partial charge in [0.1, 0.15) is 6.04 Å². The first kappa shape index (κ1) is 21.8. The molecule has 0 aliphatic carbocycles. The molecule has 156 valence electrons. The molecule has 30 heavy (non-hydrogen) atoms. The number of piperazine rings is 1. The molecule has 2 aromatic carbocycles. The lowest BCUT2D eigenvalue weighted by atomic mass is 10.0. The Bertz CT molecular complexity index is 914. The first-order valence-electron chi connectivity index (χ1n) is 9.86. The third kappa shape index (κ3) is 5.38. The second kappa shape index (κ2) is 10.2. The molecule has 0 saturated carbocycles. The number of benzene rings is 2. The Morgan fingerprint density at radius 2 is 1.70 bits per heavy atom. The molecule has 2 aromatic rings. The average Bonchev–Trinajstić information content (AvgIpc) is 2.79. The van der Waals surface area contributed by atoms with Gasteiger partial charge in [-0.1, -0.05) is 35.9 Å². The maximum absolute atomic E-state index is 12.6. The van der Waals surface area contributed by atoms with Crippen LogP contribution in [-0.2, 0) is 20.7 Å². The van der Waals surface area contributed by atoms with Crippen molar-refractivity contribution in [3.05, 3.63) is 70.2 Å². The lowest BCUT2D eigenvalue weighted by Gasteiger charge is -2.38. The summed E-state index contributed by atoms with van der Waals surface area (Å²) in [5, 5.41) is 9.47. The molecule has 1 unspecified atom stereocenters. The summed E-state index contributed by atoms with van der Waals surface area (Å²) in [5.41, 5.74) is 2.48. The fourth-order valence-corrected chi connectivity index (χ4v) is 3.76. The largest absolute Gasteiger partial charge is 0.468 e. The van der Waals surface area contributed by atoms with E-state index in [0.29, 0.717) is 49.6 Å². The van der Waals surface area contributed by atoms with Crippen LogP contribution < -0.4 is 0 Å². The second-order valence-electron chi connectivity index (χ2n) is 7.20. The van der Waals surface area contributed by atoms with Crippen molar-refractivity contribution < 1.29 is 14.3 Å². The second-order valence-corrected chi connectivity index (χ2v) is 7.64. The number of methoxy groups -OCH3 is 1. The molecule has 1 atom stereocenters. The van der Waals surface area contributed by atoms with Crippen molar-refractivity contribution >= 4 is 23.5 Å². The molecule has 0 spiro atoms. The number of hydrogen-bond donors (Lipinski definition) is 0. The van der Waals surface area contributed by atoms with E-state index in [2.05, 4.69) is 6.07 Å². The third-order valence-corrected chi connectivity index (χ3v) is 5.60. The van der Waals surface area contributed by atoms with Gasteiger partial charge in [-0.25, -0.2) is 4.79 Å². The van der Waals surface area contributed by atoms with Gasteiger partial charge in [-0.2, -0.15) is 5.26 Å². The van der Waals surface area contributed by atoms with Gasteiger partial charge >= 0.3 is 5.97 Å². The molecule has 1 heterocycles. The van der Waals surface area contributed by atoms with E-state index < -0.39 is 6.04 Å². The van der Waals surface area contributed by atoms with Crippen molar-refractivity contribution in [3.8, 4) is 6.07 Å². The molecule has 7 heteroatoms. The summed E-state index contributed by atoms with van der Waals surface area (Å²) in [6, 6.07) is 16.1. The van der Waals surface area contributed by atoms with Crippen LogP contribution in [0, 0.1) is 11.3 Å². The van der Waals surface area contributed by atoms with Crippen LogP contribution in [0.4, 0.5) is 0 Å². The fourth-order valence-electron chi connectivity index (χ4n) is 3.64. The van der Waals surface area contributed by atoms with Gasteiger partial charge in [0.2, 0.25) is 5.91 Å². The van der Waals surface area contributed by atoms with Gasteiger partial charge < -0.3 is 9.64 Å². The number of nitrogens with zero attached hydrogens (tertiary/aromatic N) is 3. The zero-order valence-electron chi connectivity index (χ0n) is 16.9. The lowest BCUT2D eigenvalue weighted by Crippen LogP contribution is -2.51. The molecular formula is C23H24ClN3O3. The van der Waals surface area contributed by atoms with E-state index in [1.807, 2.05) is 34.1 Å². The monoisotopic (exact) mass is 425 g/mol. The van der Waals surface area contributed by atoms with Crippen LogP contribution in [0.1, 0.15) is 29.2 Å². The fraction of sp³-hybridized carbons (Fsp3) is 0.348. The number of nitriles is 1. The number of esters is 1. The zero-order chi connectivity index (χ0) is 21.5. The van der Waals surface area contributed by atoms with E-state index >= 15 is 0 Å². The Labute approximate surface area is 181 Å². The first-order chi connectivity index (χ1) is 14.5. The van der Waals surface area contributed by atoms with Crippen LogP contribution in [0.3, 0.4) is 0 Å². The van der Waals surface area contributed by atoms with Crippen LogP contribution in [0.5, 0.6) is 0 Å². The van der Waals surface area contributed by atoms with Gasteiger partial charge in [0, 0.05) is 37.6 Å². The molecule has 1 aliphatic rings. The Morgan fingerprint density at radius 1 is 1.07 bits per heavy atom. The van der Waals surface area contributed by atoms with Crippen LogP contribution in [-0.4, -0.2) is 55.0 Å². The van der Waals surface area contributed by atoms with Crippen LogP contribution in [0.2, 0.25) is 5.02 Å². The van der Waals surface area contributed by atoms with Crippen LogP contribution in [0.25, 0.3) is 0 Å². The highest BCUT2D eigenvalue weighted by Gasteiger charge is 2.32. The summed E-state index contributed by atoms with van der Waals surface area (Å²) in [6.45, 7) is 2.30. The van der Waals surface area contributed by atoms with E-state index in [9.17, 15) is 9.59 Å². The highest BCUT2D eigenvalue weighted by Crippen LogP contribution is 2.25. The Balaban J connectivity index is 1.56. The van der Waals surface area contributed by atoms with Gasteiger partial charge in [0.05, 0.1) is 18.7 Å². The van der Waals surface area contributed by atoms with Crippen molar-refractivity contribution in [1.82, 2.24) is 9.80 Å². The molecule has 0 aromatic heterocycles. The minimum atomic E-state index is -0.511. The predicted molar refractivity (Wildman–Crippen MR) is 114 cm³/mol. The third-order valence-electron chi connectivity index (χ3n) is 5.35. The highest BCUT2D eigenvalue weighted by atomic mass is 35.5. The molecular weight excluding hydrogens is 402 g/mol. The van der Waals surface area contributed by atoms with Gasteiger partial charge in [0.25, 0.3) is 0 Å². The Kier molecular flexibility index (Phi) is 7.45. The number of halogens is 1. The number of ether oxygens (including phenoxy) is 1. The molecule has 1 aliphatic heterocycles. The maximum Gasteiger partial charge on any atom is 0.327 e. The van der Waals surface area contributed by atoms with E-state index in [1.54, 1.807) is 24.3 Å². The average molecular weight is 426 g/mol. The minimum Gasteiger partial charge on any atom is -0.468 e. The van der Waals surface area contributed by atoms with Crippen molar-refractivity contribution in [3.63, 3.8) is 0 Å². The number of carbonyl (C=O) groups is 2. The molecule has 0 bridgehead atoms. The van der Waals surface area contributed by atoms with Crippen molar-refractivity contribution in [2.45, 2.75) is 18.9 Å². The molecule has 1 saturated heterocycles. The summed E-state index contributed by atoms with van der Waals surface area (Å²) < 4.78 is 5.01. The highest BCUT2D eigenvalue weighted by molar-refractivity contribution is 6.30. The lowest BCUT2D eigenvalue weighted by molar-refractivity contribution is -0.148. The predicted octanol–water partition coefficient (Wildman–Crippen LogP) is 3.20. The molecule has 1 fully saturated rings. The van der Waals surface area contributed by atoms with Gasteiger partial charge in [-0.3, -0.25) is 9.69 Å². The smallest absolute Gasteiger partial charge is 0.327 e. The summed E-state index contributed by atoms with van der Waals surface area (Å²) in [4.78, 5) is 28.9. The number of hydrogen-bond acceptors (Lipinski definition) is 5. The van der Waals surface area contributed by atoms with E-state index in [-0.39, 0.29) is 11.9 Å². The molecule has 1 amide bonds. The van der Waals surface area contributed by atoms with E-state index in [0.717, 1.165) is 11.1 Å². The maximum atomic E-state index is 12.6. The van der Waals surface area contributed by atoms with E-state index in [1.165, 1.54) is 7.11 Å². The standard InChI is InChI=1S/C23H24ClN3O3/c1-30-23(29)22(19-7-9-20(24)10-8-19)27-14-12-26(13-15-27)21(28)11-6-17-2-4-18(16-25)5-3-17/h2-5,7-10,22H,6,11-15H2,1H3. The number of amides is 1. The van der Waals surface area contributed by atoms with Crippen LogP contribution in [0.15, 0.2) is 48.5 Å². The first-order valence-corrected chi connectivity index (χ1v) is 10.2. The summed E-state index contributed by atoms with van der Waals surface area (Å²) in [5.74, 6) is -0.224. The zero-order valence-corrected chi connectivity index (χ0v) is 17.6. The van der Waals surface area contributed by atoms with Crippen molar-refractivity contribution in [2.75, 3.05) is 33.3 Å². The quantitative estimate of drug-likeness (QED) is 0.664. The van der Waals surface area contributed by atoms with Crippen molar-refractivity contribution in [2.24, 2.45) is 0 Å². The number of rotatable bonds is 6. The molecule has 6 nitrogen and oxygen atoms in total. The normalized spacial score (nSPS) is 15.3. The molecule has 3 rings (SSSR count). The summed E-state index contributed by atoms with van der Waals surface area (Å²) >= 11 is 5.97. The van der Waals surface area contributed by atoms with E-state index in [4.69, 9.17) is 21.6 Å². The number of aryl methyl sites for hydroxylation is 1. The minimum absolute atomic E-state index is 0.0973. The molecule has 0 N–H and O–H groups in total. The van der Waals surface area contributed by atoms with Gasteiger partial charge in [-0.15, -0.1) is 0 Å². The number of carbonyl (C=O) groups excluding carboxylic acids is 2. The Hall–Kier alpha value is -2.88. The SMILES string of the molecule is COC(=O)C(c1ccc(Cl)cc1)N1CCN(C(=O)CCc2ccc(C#N)cc2)CC1. The Morgan fingerprint density at radius 3 is 2.27 bits per heavy atom. The topological polar surface area (TPSA) is 73.6 Å². The van der Waals surface area contributed by atoms with Gasteiger partial charge in [-0.05, 0) is 41.8 Å².